The quantitative estimate of drug-likeness (QED) is 0.843. The molecule has 1 aromatic carbocycles. The zero-order valence-electron chi connectivity index (χ0n) is 9.61. The second kappa shape index (κ2) is 6.89. The van der Waals surface area contributed by atoms with Crippen LogP contribution in [0.5, 0.6) is 5.75 Å². The summed E-state index contributed by atoms with van der Waals surface area (Å²) in [6, 6.07) is 7.93. The van der Waals surface area contributed by atoms with Crippen LogP contribution < -0.4 is 10.1 Å². The lowest BCUT2D eigenvalue weighted by molar-refractivity contribution is 0.104. The highest BCUT2D eigenvalue weighted by atomic mass is 79.9. The predicted molar refractivity (Wildman–Crippen MR) is 68.8 cm³/mol. The highest BCUT2D eigenvalue weighted by Crippen LogP contribution is 2.16. The average molecular weight is 288 g/mol. The second-order valence-electron chi connectivity index (χ2n) is 3.98. The third-order valence-electron chi connectivity index (χ3n) is 2.02. The van der Waals surface area contributed by atoms with Gasteiger partial charge in [0, 0.05) is 17.1 Å². The maximum absolute atomic E-state index is 9.62. The first-order valence-electron chi connectivity index (χ1n) is 5.37. The topological polar surface area (TPSA) is 41.5 Å². The van der Waals surface area contributed by atoms with Gasteiger partial charge in [-0.15, -0.1) is 0 Å². The molecule has 0 fully saturated rings. The first kappa shape index (κ1) is 13.5. The Morgan fingerprint density at radius 1 is 1.31 bits per heavy atom. The van der Waals surface area contributed by atoms with Crippen molar-refractivity contribution in [3.05, 3.63) is 28.7 Å². The van der Waals surface area contributed by atoms with Crippen LogP contribution in [0.1, 0.15) is 13.8 Å². The zero-order valence-corrected chi connectivity index (χ0v) is 11.2. The minimum atomic E-state index is -0.481. The first-order chi connectivity index (χ1) is 7.58. The standard InChI is InChI=1S/C12H18BrNO2/c1-9(2)14-7-11(15)8-16-12-5-3-10(13)4-6-12/h3-6,9,11,14-15H,7-8H2,1-2H3/t11-/m1/s1. The molecule has 1 aromatic rings. The van der Waals surface area contributed by atoms with Crippen LogP contribution in [0.3, 0.4) is 0 Å². The van der Waals surface area contributed by atoms with Crippen molar-refractivity contribution < 1.29 is 9.84 Å². The Labute approximate surface area is 105 Å². The molecule has 0 saturated heterocycles. The molecule has 0 aromatic heterocycles. The van der Waals surface area contributed by atoms with Gasteiger partial charge in [-0.3, -0.25) is 0 Å². The summed E-state index contributed by atoms with van der Waals surface area (Å²) in [7, 11) is 0. The predicted octanol–water partition coefficient (Wildman–Crippen LogP) is 2.19. The number of hydrogen-bond donors (Lipinski definition) is 2. The lowest BCUT2D eigenvalue weighted by Crippen LogP contribution is -2.35. The summed E-state index contributed by atoms with van der Waals surface area (Å²) in [4.78, 5) is 0. The average Bonchev–Trinajstić information content (AvgIpc) is 2.25. The molecule has 16 heavy (non-hydrogen) atoms. The SMILES string of the molecule is CC(C)NC[C@@H](O)COc1ccc(Br)cc1. The van der Waals surface area contributed by atoms with Crippen molar-refractivity contribution in [3.8, 4) is 5.75 Å². The van der Waals surface area contributed by atoms with Crippen molar-refractivity contribution in [2.45, 2.75) is 26.0 Å². The molecule has 0 spiro atoms. The summed E-state index contributed by atoms with van der Waals surface area (Å²) in [6.07, 6.45) is -0.481. The number of aliphatic hydroxyl groups excluding tert-OH is 1. The van der Waals surface area contributed by atoms with Gasteiger partial charge in [-0.2, -0.15) is 0 Å². The van der Waals surface area contributed by atoms with Crippen LogP contribution in [0.25, 0.3) is 0 Å². The van der Waals surface area contributed by atoms with E-state index in [1.165, 1.54) is 0 Å². The van der Waals surface area contributed by atoms with E-state index in [9.17, 15) is 5.11 Å². The fourth-order valence-electron chi connectivity index (χ4n) is 1.15. The molecule has 0 heterocycles. The molecular weight excluding hydrogens is 270 g/mol. The molecule has 1 atom stereocenters. The maximum Gasteiger partial charge on any atom is 0.119 e. The van der Waals surface area contributed by atoms with Gasteiger partial charge in [0.1, 0.15) is 18.5 Å². The summed E-state index contributed by atoms with van der Waals surface area (Å²) in [5.74, 6) is 0.770. The van der Waals surface area contributed by atoms with Gasteiger partial charge in [0.2, 0.25) is 0 Å². The molecule has 0 amide bonds. The van der Waals surface area contributed by atoms with Crippen LogP contribution in [0.4, 0.5) is 0 Å². The Balaban J connectivity index is 2.26. The van der Waals surface area contributed by atoms with Gasteiger partial charge in [0.25, 0.3) is 0 Å². The number of rotatable bonds is 6. The lowest BCUT2D eigenvalue weighted by Gasteiger charge is -2.14. The smallest absolute Gasteiger partial charge is 0.119 e. The van der Waals surface area contributed by atoms with Gasteiger partial charge in [0.15, 0.2) is 0 Å². The Morgan fingerprint density at radius 3 is 2.50 bits per heavy atom. The third-order valence-corrected chi connectivity index (χ3v) is 2.55. The number of halogens is 1. The van der Waals surface area contributed by atoms with E-state index in [0.29, 0.717) is 19.2 Å². The van der Waals surface area contributed by atoms with E-state index in [1.807, 2.05) is 38.1 Å². The number of hydrogen-bond acceptors (Lipinski definition) is 3. The second-order valence-corrected chi connectivity index (χ2v) is 4.90. The molecule has 0 aliphatic carbocycles. The highest BCUT2D eigenvalue weighted by Gasteiger charge is 2.05. The van der Waals surface area contributed by atoms with Gasteiger partial charge in [-0.25, -0.2) is 0 Å². The monoisotopic (exact) mass is 287 g/mol. The van der Waals surface area contributed by atoms with Gasteiger partial charge < -0.3 is 15.2 Å². The van der Waals surface area contributed by atoms with Crippen molar-refractivity contribution in [2.24, 2.45) is 0 Å². The molecule has 2 N–H and O–H groups in total. The molecule has 0 radical (unpaired) electrons. The molecule has 0 aliphatic rings. The largest absolute Gasteiger partial charge is 0.491 e. The minimum Gasteiger partial charge on any atom is -0.491 e. The number of benzene rings is 1. The molecule has 0 saturated carbocycles. The minimum absolute atomic E-state index is 0.307. The van der Waals surface area contributed by atoms with Crippen molar-refractivity contribution in [3.63, 3.8) is 0 Å². The van der Waals surface area contributed by atoms with Crippen molar-refractivity contribution in [2.75, 3.05) is 13.2 Å². The highest BCUT2D eigenvalue weighted by molar-refractivity contribution is 9.10. The van der Waals surface area contributed by atoms with E-state index in [0.717, 1.165) is 10.2 Å². The van der Waals surface area contributed by atoms with Gasteiger partial charge >= 0.3 is 0 Å². The first-order valence-corrected chi connectivity index (χ1v) is 6.17. The van der Waals surface area contributed by atoms with Gasteiger partial charge in [-0.1, -0.05) is 29.8 Å². The van der Waals surface area contributed by atoms with Gasteiger partial charge in [0.05, 0.1) is 0 Å². The Kier molecular flexibility index (Phi) is 5.80. The van der Waals surface area contributed by atoms with Crippen LogP contribution in [-0.4, -0.2) is 30.4 Å². The number of nitrogens with one attached hydrogen (secondary N) is 1. The van der Waals surface area contributed by atoms with Crippen molar-refractivity contribution >= 4 is 15.9 Å². The fraction of sp³-hybridized carbons (Fsp3) is 0.500. The Bertz CT molecular complexity index is 300. The van der Waals surface area contributed by atoms with Crippen LogP contribution >= 0.6 is 15.9 Å². The summed E-state index contributed by atoms with van der Waals surface area (Å²) in [6.45, 7) is 4.94. The molecule has 3 nitrogen and oxygen atoms in total. The lowest BCUT2D eigenvalue weighted by atomic mass is 10.3. The molecule has 1 rings (SSSR count). The number of ether oxygens (including phenoxy) is 1. The summed E-state index contributed by atoms with van der Waals surface area (Å²) < 4.78 is 6.46. The molecule has 0 unspecified atom stereocenters. The van der Waals surface area contributed by atoms with Crippen LogP contribution in [0.15, 0.2) is 28.7 Å². The van der Waals surface area contributed by atoms with E-state index in [1.54, 1.807) is 0 Å². The van der Waals surface area contributed by atoms with Crippen molar-refractivity contribution in [1.82, 2.24) is 5.32 Å². The Hall–Kier alpha value is -0.580. The number of aliphatic hydroxyl groups is 1. The summed E-state index contributed by atoms with van der Waals surface area (Å²) >= 11 is 3.35. The normalized spacial score (nSPS) is 12.8. The molecule has 0 aliphatic heterocycles. The van der Waals surface area contributed by atoms with Crippen LogP contribution in [0.2, 0.25) is 0 Å². The molecule has 4 heteroatoms. The van der Waals surface area contributed by atoms with E-state index in [-0.39, 0.29) is 0 Å². The maximum atomic E-state index is 9.62. The van der Waals surface area contributed by atoms with Gasteiger partial charge in [-0.05, 0) is 24.3 Å². The van der Waals surface area contributed by atoms with E-state index in [4.69, 9.17) is 4.74 Å². The fourth-order valence-corrected chi connectivity index (χ4v) is 1.42. The van der Waals surface area contributed by atoms with Crippen LogP contribution in [0, 0.1) is 0 Å². The van der Waals surface area contributed by atoms with E-state index < -0.39 is 6.10 Å². The Morgan fingerprint density at radius 2 is 1.94 bits per heavy atom. The van der Waals surface area contributed by atoms with Crippen LogP contribution in [-0.2, 0) is 0 Å². The van der Waals surface area contributed by atoms with E-state index in [2.05, 4.69) is 21.2 Å². The summed E-state index contributed by atoms with van der Waals surface area (Å²) in [5.41, 5.74) is 0. The third kappa shape index (κ3) is 5.49. The van der Waals surface area contributed by atoms with E-state index >= 15 is 0 Å². The molecule has 0 bridgehead atoms. The summed E-state index contributed by atoms with van der Waals surface area (Å²) in [5, 5.41) is 12.8. The molecule has 90 valence electrons. The zero-order chi connectivity index (χ0) is 12.0. The van der Waals surface area contributed by atoms with Crippen molar-refractivity contribution in [1.29, 1.82) is 0 Å². The molecular formula is C12H18BrNO2.